The Morgan fingerprint density at radius 1 is 1.25 bits per heavy atom. The van der Waals surface area contributed by atoms with Gasteiger partial charge in [0, 0.05) is 19.0 Å². The first-order valence-corrected chi connectivity index (χ1v) is 5.89. The van der Waals surface area contributed by atoms with Gasteiger partial charge < -0.3 is 10.0 Å². The second-order valence-electron chi connectivity index (χ2n) is 4.56. The standard InChI is InChI=1S/C12H23NO3/c1-5-13(10(4)8-12(15)16)11(14)7-6-9(2)3/h9-10H,5-8H2,1-4H3,(H,15,16). The van der Waals surface area contributed by atoms with Gasteiger partial charge in [0.15, 0.2) is 0 Å². The van der Waals surface area contributed by atoms with Crippen LogP contribution in [-0.2, 0) is 9.59 Å². The van der Waals surface area contributed by atoms with Crippen LogP contribution in [0.5, 0.6) is 0 Å². The summed E-state index contributed by atoms with van der Waals surface area (Å²) in [7, 11) is 0. The van der Waals surface area contributed by atoms with Gasteiger partial charge in [-0.25, -0.2) is 0 Å². The number of carboxylic acids is 1. The molecule has 0 aliphatic heterocycles. The van der Waals surface area contributed by atoms with Crippen LogP contribution in [0.15, 0.2) is 0 Å². The van der Waals surface area contributed by atoms with Crippen LogP contribution in [0.4, 0.5) is 0 Å². The number of rotatable bonds is 7. The van der Waals surface area contributed by atoms with Crippen LogP contribution < -0.4 is 0 Å². The molecule has 0 radical (unpaired) electrons. The average Bonchev–Trinajstić information content (AvgIpc) is 2.14. The fraction of sp³-hybridized carbons (Fsp3) is 0.833. The quantitative estimate of drug-likeness (QED) is 0.727. The number of carboxylic acid groups (broad SMARTS) is 1. The van der Waals surface area contributed by atoms with E-state index in [1.807, 2.05) is 6.92 Å². The van der Waals surface area contributed by atoms with E-state index >= 15 is 0 Å². The van der Waals surface area contributed by atoms with Crippen LogP contribution in [0.2, 0.25) is 0 Å². The largest absolute Gasteiger partial charge is 0.481 e. The molecule has 0 aromatic carbocycles. The van der Waals surface area contributed by atoms with E-state index in [9.17, 15) is 9.59 Å². The molecule has 1 amide bonds. The molecule has 1 N–H and O–H groups in total. The molecular formula is C12H23NO3. The summed E-state index contributed by atoms with van der Waals surface area (Å²) in [6, 6.07) is -0.220. The molecule has 0 aliphatic carbocycles. The Morgan fingerprint density at radius 3 is 2.19 bits per heavy atom. The molecule has 0 heterocycles. The molecule has 0 spiro atoms. The summed E-state index contributed by atoms with van der Waals surface area (Å²) in [6.45, 7) is 8.39. The lowest BCUT2D eigenvalue weighted by atomic mass is 10.1. The van der Waals surface area contributed by atoms with E-state index in [0.29, 0.717) is 18.9 Å². The Kier molecular flexibility index (Phi) is 6.77. The van der Waals surface area contributed by atoms with Gasteiger partial charge in [-0.3, -0.25) is 9.59 Å². The zero-order valence-electron chi connectivity index (χ0n) is 10.7. The molecular weight excluding hydrogens is 206 g/mol. The molecule has 0 saturated heterocycles. The smallest absolute Gasteiger partial charge is 0.305 e. The monoisotopic (exact) mass is 229 g/mol. The van der Waals surface area contributed by atoms with Crippen LogP contribution in [0.1, 0.15) is 47.0 Å². The third kappa shape index (κ3) is 5.73. The topological polar surface area (TPSA) is 57.6 Å². The molecule has 4 nitrogen and oxygen atoms in total. The van der Waals surface area contributed by atoms with Gasteiger partial charge in [-0.1, -0.05) is 13.8 Å². The number of hydrogen-bond donors (Lipinski definition) is 1. The molecule has 0 aromatic rings. The molecule has 0 fully saturated rings. The summed E-state index contributed by atoms with van der Waals surface area (Å²) < 4.78 is 0. The van der Waals surface area contributed by atoms with E-state index in [2.05, 4.69) is 13.8 Å². The second kappa shape index (κ2) is 7.25. The van der Waals surface area contributed by atoms with Gasteiger partial charge in [-0.05, 0) is 26.2 Å². The highest BCUT2D eigenvalue weighted by Crippen LogP contribution is 2.10. The molecule has 0 aromatic heterocycles. The summed E-state index contributed by atoms with van der Waals surface area (Å²) in [5.74, 6) is -0.301. The molecule has 1 atom stereocenters. The number of carbonyl (C=O) groups is 2. The van der Waals surface area contributed by atoms with Crippen LogP contribution in [0, 0.1) is 5.92 Å². The van der Waals surface area contributed by atoms with E-state index < -0.39 is 5.97 Å². The molecule has 94 valence electrons. The Bertz CT molecular complexity index is 238. The number of hydrogen-bond acceptors (Lipinski definition) is 2. The fourth-order valence-electron chi connectivity index (χ4n) is 1.65. The molecule has 0 aliphatic rings. The van der Waals surface area contributed by atoms with Crippen LogP contribution in [-0.4, -0.2) is 34.5 Å². The van der Waals surface area contributed by atoms with E-state index in [4.69, 9.17) is 5.11 Å². The minimum absolute atomic E-state index is 0.0151. The van der Waals surface area contributed by atoms with Gasteiger partial charge >= 0.3 is 5.97 Å². The first-order valence-electron chi connectivity index (χ1n) is 5.89. The van der Waals surface area contributed by atoms with Gasteiger partial charge in [-0.15, -0.1) is 0 Å². The first-order chi connectivity index (χ1) is 7.38. The Morgan fingerprint density at radius 2 is 1.81 bits per heavy atom. The van der Waals surface area contributed by atoms with Crippen molar-refractivity contribution in [1.82, 2.24) is 4.90 Å². The summed E-state index contributed by atoms with van der Waals surface area (Å²) in [5, 5.41) is 8.69. The van der Waals surface area contributed by atoms with Crippen molar-refractivity contribution in [2.45, 2.75) is 53.0 Å². The summed E-state index contributed by atoms with van der Waals surface area (Å²) >= 11 is 0. The van der Waals surface area contributed by atoms with Crippen LogP contribution in [0.3, 0.4) is 0 Å². The lowest BCUT2D eigenvalue weighted by Crippen LogP contribution is -2.39. The molecule has 0 rings (SSSR count). The molecule has 4 heteroatoms. The summed E-state index contributed by atoms with van der Waals surface area (Å²) in [4.78, 5) is 24.1. The van der Waals surface area contributed by atoms with Crippen LogP contribution >= 0.6 is 0 Å². The van der Waals surface area contributed by atoms with Crippen molar-refractivity contribution in [2.24, 2.45) is 5.92 Å². The lowest BCUT2D eigenvalue weighted by molar-refractivity contribution is -0.140. The third-order valence-corrected chi connectivity index (χ3v) is 2.60. The van der Waals surface area contributed by atoms with Crippen molar-refractivity contribution in [3.8, 4) is 0 Å². The minimum Gasteiger partial charge on any atom is -0.481 e. The maximum absolute atomic E-state index is 11.8. The predicted octanol–water partition coefficient (Wildman–Crippen LogP) is 2.13. The maximum Gasteiger partial charge on any atom is 0.305 e. The van der Waals surface area contributed by atoms with E-state index in [0.717, 1.165) is 6.42 Å². The molecule has 1 unspecified atom stereocenters. The number of nitrogens with zero attached hydrogens (tertiary/aromatic N) is 1. The number of amides is 1. The highest BCUT2D eigenvalue weighted by Gasteiger charge is 2.20. The van der Waals surface area contributed by atoms with Crippen molar-refractivity contribution < 1.29 is 14.7 Å². The summed E-state index contributed by atoms with van der Waals surface area (Å²) in [6.07, 6.45) is 1.38. The van der Waals surface area contributed by atoms with Gasteiger partial charge in [-0.2, -0.15) is 0 Å². The normalized spacial score (nSPS) is 12.6. The Hall–Kier alpha value is -1.06. The molecule has 0 saturated carbocycles. The Balaban J connectivity index is 4.24. The van der Waals surface area contributed by atoms with Gasteiger partial charge in [0.2, 0.25) is 5.91 Å². The SMILES string of the molecule is CCN(C(=O)CCC(C)C)C(C)CC(=O)O. The Labute approximate surface area is 97.6 Å². The van der Waals surface area contributed by atoms with Crippen molar-refractivity contribution >= 4 is 11.9 Å². The highest BCUT2D eigenvalue weighted by molar-refractivity contribution is 5.77. The third-order valence-electron chi connectivity index (χ3n) is 2.60. The molecule has 0 bridgehead atoms. The fourth-order valence-corrected chi connectivity index (χ4v) is 1.65. The zero-order valence-corrected chi connectivity index (χ0v) is 10.7. The lowest BCUT2D eigenvalue weighted by Gasteiger charge is -2.27. The van der Waals surface area contributed by atoms with Crippen molar-refractivity contribution in [1.29, 1.82) is 0 Å². The van der Waals surface area contributed by atoms with Gasteiger partial charge in [0.1, 0.15) is 0 Å². The zero-order chi connectivity index (χ0) is 12.7. The van der Waals surface area contributed by atoms with E-state index in [1.165, 1.54) is 0 Å². The van der Waals surface area contributed by atoms with Crippen molar-refractivity contribution in [3.05, 3.63) is 0 Å². The number of aliphatic carboxylic acids is 1. The van der Waals surface area contributed by atoms with Crippen molar-refractivity contribution in [3.63, 3.8) is 0 Å². The predicted molar refractivity (Wildman–Crippen MR) is 63.2 cm³/mol. The van der Waals surface area contributed by atoms with E-state index in [1.54, 1.807) is 11.8 Å². The molecule has 16 heavy (non-hydrogen) atoms. The minimum atomic E-state index is -0.859. The average molecular weight is 229 g/mol. The maximum atomic E-state index is 11.8. The van der Waals surface area contributed by atoms with Crippen LogP contribution in [0.25, 0.3) is 0 Å². The second-order valence-corrected chi connectivity index (χ2v) is 4.56. The first kappa shape index (κ1) is 14.9. The highest BCUT2D eigenvalue weighted by atomic mass is 16.4. The van der Waals surface area contributed by atoms with Crippen molar-refractivity contribution in [2.75, 3.05) is 6.54 Å². The van der Waals surface area contributed by atoms with Gasteiger partial charge in [0.05, 0.1) is 6.42 Å². The van der Waals surface area contributed by atoms with E-state index in [-0.39, 0.29) is 18.4 Å². The number of carbonyl (C=O) groups excluding carboxylic acids is 1. The van der Waals surface area contributed by atoms with Gasteiger partial charge in [0.25, 0.3) is 0 Å². The summed E-state index contributed by atoms with van der Waals surface area (Å²) in [5.41, 5.74) is 0.